The Morgan fingerprint density at radius 1 is 0.375 bits per heavy atom. The smallest absolute Gasteiger partial charge is 0.136 e. The number of aromatic nitrogens is 1. The first-order chi connectivity index (χ1) is 31.8. The minimum absolute atomic E-state index is 0.881. The van der Waals surface area contributed by atoms with Gasteiger partial charge in [-0.15, -0.1) is 11.3 Å². The Bertz CT molecular complexity index is 3860. The van der Waals surface area contributed by atoms with Crippen molar-refractivity contribution in [1.29, 1.82) is 0 Å². The first-order valence-electron chi connectivity index (χ1n) is 21.8. The molecule has 13 rings (SSSR count). The Labute approximate surface area is 373 Å². The molecule has 0 spiro atoms. The van der Waals surface area contributed by atoms with Crippen LogP contribution in [0.25, 0.3) is 103 Å². The summed E-state index contributed by atoms with van der Waals surface area (Å²) in [5.41, 5.74) is 15.6. The van der Waals surface area contributed by atoms with Gasteiger partial charge in [0.2, 0.25) is 0 Å². The van der Waals surface area contributed by atoms with E-state index in [9.17, 15) is 0 Å². The van der Waals surface area contributed by atoms with Crippen molar-refractivity contribution in [2.24, 2.45) is 0 Å². The van der Waals surface area contributed by atoms with Crippen molar-refractivity contribution in [2.45, 2.75) is 0 Å². The lowest BCUT2D eigenvalue weighted by molar-refractivity contribution is 0.669. The van der Waals surface area contributed by atoms with E-state index in [1.165, 1.54) is 64.2 Å². The molecule has 0 bridgehead atoms. The molecule has 13 aromatic rings. The lowest BCUT2D eigenvalue weighted by atomic mass is 9.95. The van der Waals surface area contributed by atoms with Crippen LogP contribution >= 0.6 is 11.3 Å². The van der Waals surface area contributed by atoms with E-state index in [-0.39, 0.29) is 0 Å². The molecule has 3 nitrogen and oxygen atoms in total. The maximum absolute atomic E-state index is 6.45. The highest BCUT2D eigenvalue weighted by atomic mass is 32.1. The van der Waals surface area contributed by atoms with Crippen LogP contribution in [-0.2, 0) is 0 Å². The van der Waals surface area contributed by atoms with E-state index < -0.39 is 0 Å². The third-order valence-corrected chi connectivity index (χ3v) is 14.0. The largest absolute Gasteiger partial charge is 0.456 e. The molecule has 0 saturated carbocycles. The van der Waals surface area contributed by atoms with Crippen LogP contribution in [0, 0.1) is 0 Å². The number of furan rings is 1. The Balaban J connectivity index is 1.05. The highest BCUT2D eigenvalue weighted by molar-refractivity contribution is 7.26. The minimum atomic E-state index is 0.881. The van der Waals surface area contributed by atoms with Gasteiger partial charge in [0.25, 0.3) is 0 Å². The van der Waals surface area contributed by atoms with E-state index in [1.807, 2.05) is 17.4 Å². The number of anilines is 3. The number of fused-ring (bicyclic) bond motifs is 9. The SMILES string of the molecule is c1ccc(-c2ccc(N(c3ccccc3-c3cccc4oc5ccccc5c34)c3ccc(-c4cccc(-n5c6ccccc6c6ccccc65)c4)c4sc5ccccc5c34)cc2)cc1. The van der Waals surface area contributed by atoms with Crippen molar-refractivity contribution in [3.63, 3.8) is 0 Å². The fourth-order valence-corrected chi connectivity index (χ4v) is 11.2. The van der Waals surface area contributed by atoms with E-state index in [0.29, 0.717) is 0 Å². The zero-order valence-corrected chi connectivity index (χ0v) is 35.5. The van der Waals surface area contributed by atoms with Gasteiger partial charge >= 0.3 is 0 Å². The van der Waals surface area contributed by atoms with Crippen molar-refractivity contribution in [3.8, 4) is 39.1 Å². The van der Waals surface area contributed by atoms with Gasteiger partial charge < -0.3 is 13.9 Å². The minimum Gasteiger partial charge on any atom is -0.456 e. The first-order valence-corrected chi connectivity index (χ1v) is 22.6. The van der Waals surface area contributed by atoms with Crippen LogP contribution in [0.3, 0.4) is 0 Å². The summed E-state index contributed by atoms with van der Waals surface area (Å²) in [6.07, 6.45) is 0. The van der Waals surface area contributed by atoms with E-state index in [1.54, 1.807) is 0 Å². The summed E-state index contributed by atoms with van der Waals surface area (Å²) in [4.78, 5) is 2.48. The number of rotatable bonds is 7. The molecule has 64 heavy (non-hydrogen) atoms. The van der Waals surface area contributed by atoms with Crippen LogP contribution in [0.2, 0.25) is 0 Å². The highest BCUT2D eigenvalue weighted by Crippen LogP contribution is 2.51. The van der Waals surface area contributed by atoms with Gasteiger partial charge in [0.15, 0.2) is 0 Å². The highest BCUT2D eigenvalue weighted by Gasteiger charge is 2.25. The molecular formula is C60H38N2OS. The van der Waals surface area contributed by atoms with Gasteiger partial charge in [-0.25, -0.2) is 0 Å². The van der Waals surface area contributed by atoms with Crippen LogP contribution in [0.5, 0.6) is 0 Å². The molecular weight excluding hydrogens is 797 g/mol. The number of hydrogen-bond donors (Lipinski definition) is 0. The molecule has 0 saturated heterocycles. The fourth-order valence-electron chi connectivity index (χ4n) is 9.97. The van der Waals surface area contributed by atoms with Gasteiger partial charge in [-0.05, 0) is 94.5 Å². The molecule has 10 aromatic carbocycles. The standard InChI is InChI=1S/C60H38N2OS/c1-2-16-39(17-3-1)40-32-34-42(35-33-40)61(53-28-11-6-22-47(53)48-25-15-30-56-58(48)49-23-7-12-29-55(49)63-56)54-37-36-44(60-59(54)50-24-8-13-31-57(50)64-60)41-18-14-19-43(38-41)62-51-26-9-4-20-45(51)46-21-5-10-27-52(46)62/h1-38H. The van der Waals surface area contributed by atoms with Crippen molar-refractivity contribution >= 4 is 92.3 Å². The molecule has 0 fully saturated rings. The fraction of sp³-hybridized carbons (Fsp3) is 0. The van der Waals surface area contributed by atoms with E-state index in [2.05, 4.69) is 234 Å². The summed E-state index contributed by atoms with van der Waals surface area (Å²) in [5, 5.41) is 7.22. The van der Waals surface area contributed by atoms with Crippen LogP contribution in [0.1, 0.15) is 0 Å². The zero-order chi connectivity index (χ0) is 42.1. The Kier molecular flexibility index (Phi) is 8.40. The predicted octanol–water partition coefficient (Wildman–Crippen LogP) is 17.5. The monoisotopic (exact) mass is 834 g/mol. The number of thiophene rings is 1. The van der Waals surface area contributed by atoms with Gasteiger partial charge in [0, 0.05) is 58.7 Å². The molecule has 0 aliphatic rings. The van der Waals surface area contributed by atoms with Gasteiger partial charge in [-0.3, -0.25) is 0 Å². The third-order valence-electron chi connectivity index (χ3n) is 12.8. The van der Waals surface area contributed by atoms with Gasteiger partial charge in [0.05, 0.1) is 22.4 Å². The summed E-state index contributed by atoms with van der Waals surface area (Å²) in [7, 11) is 0. The average molecular weight is 835 g/mol. The first kappa shape index (κ1) is 36.5. The summed E-state index contributed by atoms with van der Waals surface area (Å²) in [5.74, 6) is 0. The lowest BCUT2D eigenvalue weighted by Crippen LogP contribution is -2.11. The summed E-state index contributed by atoms with van der Waals surface area (Å²) in [6, 6.07) is 83.4. The van der Waals surface area contributed by atoms with Gasteiger partial charge in [-0.2, -0.15) is 0 Å². The van der Waals surface area contributed by atoms with Crippen molar-refractivity contribution < 1.29 is 4.42 Å². The molecule has 0 unspecified atom stereocenters. The number of nitrogens with zero attached hydrogens (tertiary/aromatic N) is 2. The maximum Gasteiger partial charge on any atom is 0.136 e. The second-order valence-corrected chi connectivity index (χ2v) is 17.4. The molecule has 0 aliphatic carbocycles. The van der Waals surface area contributed by atoms with E-state index in [0.717, 1.165) is 55.8 Å². The third kappa shape index (κ3) is 5.73. The summed E-state index contributed by atoms with van der Waals surface area (Å²) in [6.45, 7) is 0. The van der Waals surface area contributed by atoms with Crippen LogP contribution in [-0.4, -0.2) is 4.57 Å². The molecule has 0 atom stereocenters. The van der Waals surface area contributed by atoms with E-state index in [4.69, 9.17) is 4.42 Å². The normalized spacial score (nSPS) is 11.8. The molecule has 4 heteroatoms. The van der Waals surface area contributed by atoms with Crippen LogP contribution in [0.15, 0.2) is 235 Å². The molecule has 0 aliphatic heterocycles. The second kappa shape index (κ2) is 14.7. The maximum atomic E-state index is 6.45. The summed E-state index contributed by atoms with van der Waals surface area (Å²) < 4.78 is 11.4. The van der Waals surface area contributed by atoms with Gasteiger partial charge in [0.1, 0.15) is 11.2 Å². The summed E-state index contributed by atoms with van der Waals surface area (Å²) >= 11 is 1.87. The Morgan fingerprint density at radius 3 is 1.80 bits per heavy atom. The van der Waals surface area contributed by atoms with E-state index >= 15 is 0 Å². The number of benzene rings is 10. The van der Waals surface area contributed by atoms with Crippen molar-refractivity contribution in [2.75, 3.05) is 4.90 Å². The average Bonchev–Trinajstić information content (AvgIpc) is 4.05. The zero-order valence-electron chi connectivity index (χ0n) is 34.7. The molecule has 3 aromatic heterocycles. The predicted molar refractivity (Wildman–Crippen MR) is 272 cm³/mol. The van der Waals surface area contributed by atoms with Crippen LogP contribution < -0.4 is 4.90 Å². The molecule has 0 amide bonds. The Hall–Kier alpha value is -8.18. The molecule has 300 valence electrons. The number of para-hydroxylation sites is 4. The van der Waals surface area contributed by atoms with Gasteiger partial charge in [-0.1, -0.05) is 164 Å². The number of hydrogen-bond acceptors (Lipinski definition) is 3. The topological polar surface area (TPSA) is 21.3 Å². The second-order valence-electron chi connectivity index (χ2n) is 16.4. The lowest BCUT2D eigenvalue weighted by Gasteiger charge is -2.29. The molecule has 0 N–H and O–H groups in total. The molecule has 0 radical (unpaired) electrons. The quantitative estimate of drug-likeness (QED) is 0.159. The van der Waals surface area contributed by atoms with Crippen LogP contribution in [0.4, 0.5) is 17.1 Å². The Morgan fingerprint density at radius 2 is 0.984 bits per heavy atom. The van der Waals surface area contributed by atoms with Crippen molar-refractivity contribution in [3.05, 3.63) is 231 Å². The van der Waals surface area contributed by atoms with Crippen molar-refractivity contribution in [1.82, 2.24) is 4.57 Å². The molecule has 3 heterocycles.